The Morgan fingerprint density at radius 2 is 0.486 bits per heavy atom. The van der Waals surface area contributed by atoms with E-state index in [1.54, 1.807) is 54.6 Å². The van der Waals surface area contributed by atoms with E-state index in [1.807, 2.05) is 13.8 Å². The fourth-order valence-electron chi connectivity index (χ4n) is 14.1. The van der Waals surface area contributed by atoms with Gasteiger partial charge < -0.3 is 24.1 Å². The molecule has 1 N–H and O–H groups in total. The third-order valence-corrected chi connectivity index (χ3v) is 22.2. The van der Waals surface area contributed by atoms with E-state index < -0.39 is 256 Å². The lowest BCUT2D eigenvalue weighted by atomic mass is 9.88. The largest absolute Gasteiger partial charge is 0.490 e. The van der Waals surface area contributed by atoms with Crippen molar-refractivity contribution in [1.29, 1.82) is 0 Å². The summed E-state index contributed by atoms with van der Waals surface area (Å²) in [4.78, 5) is 13.7. The number of carbonyl (C=O) groups excluding carboxylic acids is 1. The summed E-state index contributed by atoms with van der Waals surface area (Å²) < 4.78 is 752. The number of hydrogen-bond donors (Lipinski definition) is 1. The standard InChI is InChI=1S/C63H43F51O5.C20H18O.C2H6.2H2/c64-40(65,43(70,71)46(76,77)49(82,83)52(88,89)55(94,95)58(100,101)61(106,107)108)19-2-6-22-116-34-26-32(39(115)119-25-5-1-10-28-13-14-31-16-15-29-11-9-12-30-17-18-33(28)37(31)36(29)30)27-35(117-23-7-3-20-41(66,67)44(72,73)47(78,79)50(84,85)53(90,91)56(96,97)59(102,103)62(109,110)111)38(34)118-24-8-4-21-42(68,69)45(74,75)48(80,81)51(86,87)54(92,93)57(98,99)60(104,105)63(112,113)114;21-13-2-1-4-14-7-8-17-10-9-15-5-3-6-16-11-12-18(14)20(17)19(15)16;1-2;;/h9,11-18,26-27H,1-8,10,19-25H2;3,5-12,21H,1-2,4,13H2;1-2H3;2*1H/i;;;2*1+1D. The fraction of sp³-hybridized carbons (Fsp3) is 0.541. The smallest absolute Gasteiger partial charge is 0.460 e. The summed E-state index contributed by atoms with van der Waals surface area (Å²) in [6.07, 6.45) is -43.4. The van der Waals surface area contributed by atoms with Gasteiger partial charge in [0.15, 0.2) is 11.5 Å². The molecule has 0 aliphatic carbocycles. The number of hydrogen-bond acceptors (Lipinski definition) is 6. The molecule has 57 heteroatoms. The van der Waals surface area contributed by atoms with Crippen LogP contribution in [0.2, 0.25) is 0 Å². The van der Waals surface area contributed by atoms with Gasteiger partial charge in [-0.1, -0.05) is 123 Å². The highest BCUT2D eigenvalue weighted by Crippen LogP contribution is 2.69. The van der Waals surface area contributed by atoms with Crippen molar-refractivity contribution in [3.8, 4) is 17.2 Å². The molecule has 0 fully saturated rings. The Bertz CT molecular complexity index is 5640. The number of ether oxygens (including phenoxy) is 4. The average Bonchev–Trinajstić information content (AvgIpc) is 0.690. The molecular weight excluding hydrogens is 2090 g/mol. The number of unbranched alkanes of at least 4 members (excludes halogenated alkanes) is 5. The first kappa shape index (κ1) is 116. The maximum absolute atomic E-state index is 14.9. The minimum atomic E-state index is -9.15. The highest BCUT2D eigenvalue weighted by atomic mass is 19.5. The van der Waals surface area contributed by atoms with Crippen molar-refractivity contribution in [3.63, 3.8) is 0 Å². The number of aliphatic hydroxyl groups excluding tert-OH is 1. The second kappa shape index (κ2) is 40.3. The predicted octanol–water partition coefficient (Wildman–Crippen LogP) is 32.9. The summed E-state index contributed by atoms with van der Waals surface area (Å²) in [6, 6.07) is 35.7. The van der Waals surface area contributed by atoms with E-state index in [9.17, 15) is 229 Å². The molecule has 0 heterocycles. The first-order valence-corrected chi connectivity index (χ1v) is 40.5. The molecule has 0 unspecified atom stereocenters. The molecule has 142 heavy (non-hydrogen) atoms. The Kier molecular flexibility index (Phi) is 32.9. The molecule has 0 aliphatic heterocycles. The number of benzene rings is 9. The van der Waals surface area contributed by atoms with Crippen LogP contribution in [0.5, 0.6) is 17.2 Å². The van der Waals surface area contributed by atoms with Gasteiger partial charge in [0.05, 0.1) is 32.0 Å². The average molecular weight is 2160 g/mol. The summed E-state index contributed by atoms with van der Waals surface area (Å²) in [5, 5.41) is 21.5. The molecule has 0 atom stereocenters. The third-order valence-electron chi connectivity index (χ3n) is 22.2. The van der Waals surface area contributed by atoms with Crippen molar-refractivity contribution in [3.05, 3.63) is 138 Å². The van der Waals surface area contributed by atoms with Crippen LogP contribution in [-0.4, -0.2) is 187 Å². The lowest BCUT2D eigenvalue weighted by Gasteiger charge is -2.42. The molecule has 0 bridgehead atoms. The van der Waals surface area contributed by atoms with Crippen molar-refractivity contribution in [1.82, 2.24) is 0 Å². The molecule has 0 radical (unpaired) electrons. The topological polar surface area (TPSA) is 74.2 Å². The zero-order valence-electron chi connectivity index (χ0n) is 75.0. The van der Waals surface area contributed by atoms with Gasteiger partial charge in [0.1, 0.15) is 0 Å². The van der Waals surface area contributed by atoms with E-state index in [0.717, 1.165) is 46.2 Å². The van der Waals surface area contributed by atoms with Crippen LogP contribution in [0, 0.1) is 0 Å². The molecule has 0 amide bonds. The van der Waals surface area contributed by atoms with Crippen LogP contribution < -0.4 is 14.2 Å². The number of esters is 1. The van der Waals surface area contributed by atoms with Crippen molar-refractivity contribution in [2.45, 2.75) is 253 Å². The van der Waals surface area contributed by atoms with Crippen LogP contribution in [0.25, 0.3) is 64.6 Å². The maximum Gasteiger partial charge on any atom is 0.460 e. The summed E-state index contributed by atoms with van der Waals surface area (Å²) in [6.45, 7) is -2.04. The Morgan fingerprint density at radius 1 is 0.261 bits per heavy atom. The zero-order valence-corrected chi connectivity index (χ0v) is 71.0. The van der Waals surface area contributed by atoms with Crippen LogP contribution in [0.1, 0.15) is 125 Å². The van der Waals surface area contributed by atoms with Crippen molar-refractivity contribution in [2.24, 2.45) is 0 Å². The summed E-state index contributed by atoms with van der Waals surface area (Å²) in [7, 11) is 0. The molecule has 9 aromatic rings. The van der Waals surface area contributed by atoms with Crippen LogP contribution in [0.4, 0.5) is 224 Å². The van der Waals surface area contributed by atoms with Gasteiger partial charge in [0.25, 0.3) is 0 Å². The number of aryl methyl sites for hydroxylation is 2. The number of aliphatic hydroxyl groups is 1. The van der Waals surface area contributed by atoms with Gasteiger partial charge in [-0.3, -0.25) is 0 Å². The van der Waals surface area contributed by atoms with E-state index in [4.69, 9.17) is 30.0 Å². The lowest BCUT2D eigenvalue weighted by Crippen LogP contribution is -2.74. The molecule has 6 nitrogen and oxygen atoms in total. The molecule has 0 saturated heterocycles. The van der Waals surface area contributed by atoms with Gasteiger partial charge in [-0.05, 0) is 165 Å². The van der Waals surface area contributed by atoms with E-state index in [-0.39, 0.29) is 38.0 Å². The van der Waals surface area contributed by atoms with Gasteiger partial charge >= 0.3 is 149 Å². The normalized spacial score (nSPS) is 14.8. The Balaban J connectivity index is 0.00000119. The Hall–Kier alpha value is -9.68. The molecule has 0 spiro atoms. The number of rotatable bonds is 46. The number of alkyl halides is 51. The van der Waals surface area contributed by atoms with Crippen LogP contribution >= 0.6 is 0 Å². The second-order valence-electron chi connectivity index (χ2n) is 31.6. The van der Waals surface area contributed by atoms with E-state index in [0.29, 0.717) is 10.9 Å². The fourth-order valence-corrected chi connectivity index (χ4v) is 14.1. The first-order valence-electron chi connectivity index (χ1n) is 42.5. The van der Waals surface area contributed by atoms with Crippen molar-refractivity contribution < 1.29 is 259 Å². The van der Waals surface area contributed by atoms with E-state index in [1.165, 1.54) is 37.9 Å². The minimum absolute atomic E-state index is 0.00434. The molecule has 0 aliphatic rings. The predicted molar refractivity (Wildman–Crippen MR) is 406 cm³/mol. The highest BCUT2D eigenvalue weighted by Gasteiger charge is 2.99. The molecule has 9 aromatic carbocycles. The highest BCUT2D eigenvalue weighted by molar-refractivity contribution is 6.24. The number of carbonyl (C=O) groups is 1. The van der Waals surface area contributed by atoms with Crippen LogP contribution in [0.15, 0.2) is 121 Å². The van der Waals surface area contributed by atoms with Crippen molar-refractivity contribution in [2.75, 3.05) is 33.0 Å². The molecule has 804 valence electrons. The molecular formula is C85H71F51O6. The third kappa shape index (κ3) is 20.1. The van der Waals surface area contributed by atoms with Crippen LogP contribution in [-0.2, 0) is 17.6 Å². The zero-order chi connectivity index (χ0) is 113. The van der Waals surface area contributed by atoms with Gasteiger partial charge in [0, 0.05) is 31.8 Å². The first-order chi connectivity index (χ1) is 66.2. The molecule has 0 saturated carbocycles. The lowest BCUT2D eigenvalue weighted by molar-refractivity contribution is -0.461. The molecule has 0 aromatic heterocycles. The maximum atomic E-state index is 14.9. The molecule has 9 rings (SSSR count). The van der Waals surface area contributed by atoms with Gasteiger partial charge in [0.2, 0.25) is 5.75 Å². The Morgan fingerprint density at radius 3 is 0.754 bits per heavy atom. The van der Waals surface area contributed by atoms with Crippen LogP contribution in [0.3, 0.4) is 0 Å². The second-order valence-corrected chi connectivity index (χ2v) is 31.6. The summed E-state index contributed by atoms with van der Waals surface area (Å²) in [5.41, 5.74) is 0.723. The number of halogens is 51. The van der Waals surface area contributed by atoms with E-state index in [2.05, 4.69) is 54.6 Å². The minimum Gasteiger partial charge on any atom is -0.490 e. The summed E-state index contributed by atoms with van der Waals surface area (Å²) in [5.74, 6) is -188. The Labute approximate surface area is 769 Å². The van der Waals surface area contributed by atoms with Gasteiger partial charge in [-0.15, -0.1) is 0 Å². The summed E-state index contributed by atoms with van der Waals surface area (Å²) >= 11 is 0. The van der Waals surface area contributed by atoms with Gasteiger partial charge in [-0.2, -0.15) is 224 Å². The monoisotopic (exact) mass is 2160 g/mol. The van der Waals surface area contributed by atoms with Crippen molar-refractivity contribution >= 4 is 70.6 Å². The van der Waals surface area contributed by atoms with E-state index >= 15 is 0 Å². The quantitative estimate of drug-likeness (QED) is 0.0177. The SMILES string of the molecule is CC.O=C(OCCCCc1ccc2ccc3cccc4ccc1c2c34)c1cc(OCCCCC(F)(F)C(F)(F)C(F)(F)C(F)(F)C(F)(F)C(F)(F)C(F)(F)C(F)(F)F)c(OCCCCC(F)(F)C(F)(F)C(F)(F)C(F)(F)C(F)(F)C(F)(F)C(F)(F)C(F)(F)F)c(OCCCCC(F)(F)C(F)(F)C(F)(F)C(F)(F)C(F)(F)C(F)(F)C(F)(F)C(F)(F)F)c1.OCCCCc1ccc2ccc3cccc4ccc1c2c34.[2H][2H].[2H][2H]. The van der Waals surface area contributed by atoms with Gasteiger partial charge in [-0.25, -0.2) is 4.79 Å².